The number of amides is 4. The normalized spacial score (nSPS) is 17.2. The Morgan fingerprint density at radius 3 is 2.14 bits per heavy atom. The highest BCUT2D eigenvalue weighted by atomic mass is 16.2. The lowest BCUT2D eigenvalue weighted by Crippen LogP contribution is -2.46. The second-order valence-electron chi connectivity index (χ2n) is 8.55. The van der Waals surface area contributed by atoms with Crippen LogP contribution < -0.4 is 10.6 Å². The fourth-order valence-corrected chi connectivity index (χ4v) is 4.24. The fraction of sp³-hybridized carbons (Fsp3) is 0.214. The minimum atomic E-state index is -1.30. The third-order valence-electron chi connectivity index (χ3n) is 6.02. The Morgan fingerprint density at radius 1 is 0.886 bits per heavy atom. The van der Waals surface area contributed by atoms with Crippen molar-refractivity contribution in [3.8, 4) is 0 Å². The first-order valence-electron chi connectivity index (χ1n) is 11.6. The number of hydrogen-bond donors (Lipinski definition) is 2. The van der Waals surface area contributed by atoms with Crippen LogP contribution >= 0.6 is 0 Å². The van der Waals surface area contributed by atoms with E-state index in [-0.39, 0.29) is 24.7 Å². The number of Topliss-reactive ketones (excluding diaryl/α,β-unsaturated/α-hetero) is 1. The van der Waals surface area contributed by atoms with Crippen LogP contribution in [0.1, 0.15) is 41.3 Å². The summed E-state index contributed by atoms with van der Waals surface area (Å²) in [6, 6.07) is 24.4. The summed E-state index contributed by atoms with van der Waals surface area (Å²) in [5, 5.41) is 5.64. The van der Waals surface area contributed by atoms with Crippen molar-refractivity contribution in [3.05, 3.63) is 102 Å². The number of benzene rings is 3. The van der Waals surface area contributed by atoms with Crippen molar-refractivity contribution >= 4 is 29.3 Å². The van der Waals surface area contributed by atoms with Gasteiger partial charge in [-0.25, -0.2) is 4.79 Å². The molecular weight excluding hydrogens is 442 g/mol. The SMILES string of the molecule is CCCC(=O)Nc1ccc(C(=O)CN2C(=O)NC(Cc3ccccc3)(c3ccccc3)C2=O)cc1. The average Bonchev–Trinajstić information content (AvgIpc) is 3.10. The maximum absolute atomic E-state index is 13.7. The Labute approximate surface area is 204 Å². The van der Waals surface area contributed by atoms with E-state index in [1.165, 1.54) is 0 Å². The van der Waals surface area contributed by atoms with Gasteiger partial charge in [-0.3, -0.25) is 19.3 Å². The molecule has 0 saturated carbocycles. The first-order valence-corrected chi connectivity index (χ1v) is 11.6. The molecule has 1 aliphatic rings. The molecule has 0 spiro atoms. The van der Waals surface area contributed by atoms with E-state index in [0.717, 1.165) is 16.9 Å². The van der Waals surface area contributed by atoms with Crippen molar-refractivity contribution in [2.24, 2.45) is 0 Å². The smallest absolute Gasteiger partial charge is 0.325 e. The van der Waals surface area contributed by atoms with Crippen LogP contribution in [0, 0.1) is 0 Å². The zero-order valence-electron chi connectivity index (χ0n) is 19.5. The molecule has 0 aliphatic carbocycles. The van der Waals surface area contributed by atoms with Crippen LogP contribution in [0.25, 0.3) is 0 Å². The summed E-state index contributed by atoms with van der Waals surface area (Å²) >= 11 is 0. The monoisotopic (exact) mass is 469 g/mol. The van der Waals surface area contributed by atoms with Crippen molar-refractivity contribution in [3.63, 3.8) is 0 Å². The maximum Gasteiger partial charge on any atom is 0.325 e. The average molecular weight is 470 g/mol. The van der Waals surface area contributed by atoms with Gasteiger partial charge in [0.15, 0.2) is 11.3 Å². The summed E-state index contributed by atoms with van der Waals surface area (Å²) in [7, 11) is 0. The van der Waals surface area contributed by atoms with Crippen LogP contribution in [0.3, 0.4) is 0 Å². The number of carbonyl (C=O) groups excluding carboxylic acids is 4. The molecule has 3 aromatic rings. The minimum Gasteiger partial charge on any atom is -0.326 e. The first kappa shape index (κ1) is 23.9. The Hall–Kier alpha value is -4.26. The quantitative estimate of drug-likeness (QED) is 0.361. The van der Waals surface area contributed by atoms with E-state index < -0.39 is 17.5 Å². The zero-order valence-corrected chi connectivity index (χ0v) is 19.5. The molecule has 1 fully saturated rings. The van der Waals surface area contributed by atoms with Crippen molar-refractivity contribution in [2.45, 2.75) is 31.7 Å². The summed E-state index contributed by atoms with van der Waals surface area (Å²) in [4.78, 5) is 52.4. The van der Waals surface area contributed by atoms with E-state index in [2.05, 4.69) is 10.6 Å². The highest BCUT2D eigenvalue weighted by Crippen LogP contribution is 2.33. The number of hydrogen-bond acceptors (Lipinski definition) is 4. The van der Waals surface area contributed by atoms with Crippen molar-refractivity contribution in [1.29, 1.82) is 0 Å². The van der Waals surface area contributed by atoms with Crippen LogP contribution in [-0.4, -0.2) is 35.1 Å². The minimum absolute atomic E-state index is 0.0958. The summed E-state index contributed by atoms with van der Waals surface area (Å²) in [6.07, 6.45) is 1.42. The third-order valence-corrected chi connectivity index (χ3v) is 6.02. The van der Waals surface area contributed by atoms with Crippen LogP contribution in [0.2, 0.25) is 0 Å². The Bertz CT molecular complexity index is 1230. The number of rotatable bonds is 9. The van der Waals surface area contributed by atoms with Gasteiger partial charge in [-0.15, -0.1) is 0 Å². The number of imide groups is 1. The maximum atomic E-state index is 13.7. The Morgan fingerprint density at radius 2 is 1.51 bits per heavy atom. The van der Waals surface area contributed by atoms with E-state index in [1.54, 1.807) is 36.4 Å². The van der Waals surface area contributed by atoms with E-state index in [1.807, 2.05) is 55.5 Å². The van der Waals surface area contributed by atoms with Gasteiger partial charge in [-0.1, -0.05) is 67.6 Å². The predicted molar refractivity (Wildman–Crippen MR) is 133 cm³/mol. The molecule has 1 heterocycles. The summed E-state index contributed by atoms with van der Waals surface area (Å²) in [6.45, 7) is 1.54. The summed E-state index contributed by atoms with van der Waals surface area (Å²) in [5.74, 6) is -0.931. The van der Waals surface area contributed by atoms with Crippen LogP contribution in [0.4, 0.5) is 10.5 Å². The number of carbonyl (C=O) groups is 4. The van der Waals surface area contributed by atoms with Gasteiger partial charge in [0.25, 0.3) is 5.91 Å². The first-order chi connectivity index (χ1) is 16.9. The van der Waals surface area contributed by atoms with E-state index >= 15 is 0 Å². The van der Waals surface area contributed by atoms with E-state index in [0.29, 0.717) is 23.2 Å². The summed E-state index contributed by atoms with van der Waals surface area (Å²) in [5.41, 5.74) is 1.18. The van der Waals surface area contributed by atoms with Gasteiger partial charge in [0, 0.05) is 24.1 Å². The van der Waals surface area contributed by atoms with Gasteiger partial charge in [-0.2, -0.15) is 0 Å². The number of urea groups is 1. The molecule has 4 amide bonds. The molecule has 7 nitrogen and oxygen atoms in total. The van der Waals surface area contributed by atoms with Gasteiger partial charge in [0.2, 0.25) is 5.91 Å². The predicted octanol–water partition coefficient (Wildman–Crippen LogP) is 4.30. The lowest BCUT2D eigenvalue weighted by Gasteiger charge is -2.27. The fourth-order valence-electron chi connectivity index (χ4n) is 4.24. The topological polar surface area (TPSA) is 95.6 Å². The molecule has 1 unspecified atom stereocenters. The zero-order chi connectivity index (χ0) is 24.8. The van der Waals surface area contributed by atoms with E-state index in [4.69, 9.17) is 0 Å². The van der Waals surface area contributed by atoms with Gasteiger partial charge in [0.05, 0.1) is 6.54 Å². The van der Waals surface area contributed by atoms with Crippen molar-refractivity contribution in [1.82, 2.24) is 10.2 Å². The standard InChI is InChI=1S/C28H27N3O4/c1-2-9-25(33)29-23-16-14-21(15-17-23)24(32)19-31-26(34)28(30-27(31)35,22-12-7-4-8-13-22)18-20-10-5-3-6-11-20/h3-8,10-17H,2,9,18-19H2,1H3,(H,29,33)(H,30,35). The molecule has 178 valence electrons. The molecular formula is C28H27N3O4. The molecule has 0 radical (unpaired) electrons. The molecule has 4 rings (SSSR count). The highest BCUT2D eigenvalue weighted by Gasteiger charge is 2.52. The van der Waals surface area contributed by atoms with Gasteiger partial charge in [0.1, 0.15) is 0 Å². The van der Waals surface area contributed by atoms with Crippen molar-refractivity contribution < 1.29 is 19.2 Å². The number of ketones is 1. The number of nitrogens with zero attached hydrogens (tertiary/aromatic N) is 1. The molecule has 0 aromatic heterocycles. The highest BCUT2D eigenvalue weighted by molar-refractivity contribution is 6.11. The number of anilines is 1. The van der Waals surface area contributed by atoms with Crippen LogP contribution in [0.15, 0.2) is 84.9 Å². The molecule has 3 aromatic carbocycles. The molecule has 7 heteroatoms. The second kappa shape index (κ2) is 10.3. The Kier molecular flexibility index (Phi) is 7.06. The summed E-state index contributed by atoms with van der Waals surface area (Å²) < 4.78 is 0. The van der Waals surface area contributed by atoms with E-state index in [9.17, 15) is 19.2 Å². The van der Waals surface area contributed by atoms with Gasteiger partial charge in [-0.05, 0) is 41.8 Å². The molecule has 1 atom stereocenters. The molecule has 2 N–H and O–H groups in total. The number of nitrogens with one attached hydrogen (secondary N) is 2. The van der Waals surface area contributed by atoms with Crippen LogP contribution in [0.5, 0.6) is 0 Å². The lowest BCUT2D eigenvalue weighted by atomic mass is 9.83. The lowest BCUT2D eigenvalue weighted by molar-refractivity contribution is -0.131. The molecule has 35 heavy (non-hydrogen) atoms. The Balaban J connectivity index is 1.55. The van der Waals surface area contributed by atoms with Crippen LogP contribution in [-0.2, 0) is 21.5 Å². The largest absolute Gasteiger partial charge is 0.326 e. The third kappa shape index (κ3) is 5.14. The molecule has 1 saturated heterocycles. The molecule has 0 bridgehead atoms. The van der Waals surface area contributed by atoms with Gasteiger partial charge < -0.3 is 10.6 Å². The van der Waals surface area contributed by atoms with Gasteiger partial charge >= 0.3 is 6.03 Å². The molecule has 1 aliphatic heterocycles. The van der Waals surface area contributed by atoms with Crippen molar-refractivity contribution in [2.75, 3.05) is 11.9 Å². The second-order valence-corrected chi connectivity index (χ2v) is 8.55.